The van der Waals surface area contributed by atoms with E-state index in [1.807, 2.05) is 12.1 Å². The topological polar surface area (TPSA) is 106 Å². The normalized spacial score (nSPS) is 10.7. The van der Waals surface area contributed by atoms with Crippen molar-refractivity contribution in [2.45, 2.75) is 6.92 Å². The molecule has 0 spiro atoms. The standard InChI is InChI=1S/C11H11N5O2/c1-7-14-15-10(18-7)9-4-2-8(3-5-9)6-13-16-11(12)17/h2-6H,1H3,(H3,12,16,17). The molecule has 2 rings (SSSR count). The number of carbonyl (C=O) groups is 1. The minimum atomic E-state index is -0.704. The average molecular weight is 245 g/mol. The number of nitrogens with zero attached hydrogens (tertiary/aromatic N) is 3. The van der Waals surface area contributed by atoms with Gasteiger partial charge in [-0.05, 0) is 17.7 Å². The van der Waals surface area contributed by atoms with E-state index >= 15 is 0 Å². The smallest absolute Gasteiger partial charge is 0.332 e. The van der Waals surface area contributed by atoms with Gasteiger partial charge in [0.2, 0.25) is 11.8 Å². The summed E-state index contributed by atoms with van der Waals surface area (Å²) in [5.74, 6) is 0.979. The number of urea groups is 1. The van der Waals surface area contributed by atoms with Crippen LogP contribution < -0.4 is 11.2 Å². The van der Waals surface area contributed by atoms with Crippen molar-refractivity contribution < 1.29 is 9.21 Å². The number of rotatable bonds is 3. The number of hydrogen-bond acceptors (Lipinski definition) is 5. The van der Waals surface area contributed by atoms with E-state index in [4.69, 9.17) is 10.2 Å². The van der Waals surface area contributed by atoms with Crippen LogP contribution in [-0.4, -0.2) is 22.4 Å². The first kappa shape index (κ1) is 11.8. The summed E-state index contributed by atoms with van der Waals surface area (Å²) in [6, 6.07) is 6.54. The van der Waals surface area contributed by atoms with Crippen LogP contribution in [0.1, 0.15) is 11.5 Å². The quantitative estimate of drug-likeness (QED) is 0.622. The second-order valence-corrected chi connectivity index (χ2v) is 3.48. The maximum Gasteiger partial charge on any atom is 0.332 e. The lowest BCUT2D eigenvalue weighted by atomic mass is 10.1. The Morgan fingerprint density at radius 3 is 2.67 bits per heavy atom. The van der Waals surface area contributed by atoms with E-state index < -0.39 is 6.03 Å². The highest BCUT2D eigenvalue weighted by atomic mass is 16.4. The zero-order chi connectivity index (χ0) is 13.0. The molecule has 0 saturated heterocycles. The molecule has 0 saturated carbocycles. The SMILES string of the molecule is Cc1nnc(-c2ccc(C=NNC(N)=O)cc2)o1. The summed E-state index contributed by atoms with van der Waals surface area (Å²) in [6.45, 7) is 1.73. The van der Waals surface area contributed by atoms with Gasteiger partial charge >= 0.3 is 6.03 Å². The highest BCUT2D eigenvalue weighted by molar-refractivity contribution is 5.82. The van der Waals surface area contributed by atoms with E-state index in [-0.39, 0.29) is 0 Å². The van der Waals surface area contributed by atoms with Gasteiger partial charge in [0, 0.05) is 12.5 Å². The van der Waals surface area contributed by atoms with Crippen molar-refractivity contribution in [2.24, 2.45) is 10.8 Å². The summed E-state index contributed by atoms with van der Waals surface area (Å²) < 4.78 is 5.29. The van der Waals surface area contributed by atoms with Gasteiger partial charge in [-0.1, -0.05) is 12.1 Å². The van der Waals surface area contributed by atoms with Crippen molar-refractivity contribution in [3.8, 4) is 11.5 Å². The Balaban J connectivity index is 2.10. The van der Waals surface area contributed by atoms with Crippen molar-refractivity contribution in [3.63, 3.8) is 0 Å². The highest BCUT2D eigenvalue weighted by Crippen LogP contribution is 2.17. The van der Waals surface area contributed by atoms with Crippen LogP contribution in [0.2, 0.25) is 0 Å². The molecule has 0 bridgehead atoms. The van der Waals surface area contributed by atoms with Gasteiger partial charge in [-0.2, -0.15) is 5.10 Å². The van der Waals surface area contributed by atoms with Crippen molar-refractivity contribution in [1.29, 1.82) is 0 Å². The molecule has 2 aromatic rings. The number of hydrogen-bond donors (Lipinski definition) is 2. The summed E-state index contributed by atoms with van der Waals surface area (Å²) in [5.41, 5.74) is 8.60. The summed E-state index contributed by atoms with van der Waals surface area (Å²) in [7, 11) is 0. The molecule has 0 fully saturated rings. The number of hydrazone groups is 1. The Labute approximate surface area is 103 Å². The molecular weight excluding hydrogens is 234 g/mol. The predicted molar refractivity (Wildman–Crippen MR) is 64.8 cm³/mol. The summed E-state index contributed by atoms with van der Waals surface area (Å²) in [4.78, 5) is 10.4. The minimum Gasteiger partial charge on any atom is -0.421 e. The molecule has 0 aliphatic carbocycles. The van der Waals surface area contributed by atoms with Crippen LogP contribution in [0.4, 0.5) is 4.79 Å². The Kier molecular flexibility index (Phi) is 3.33. The minimum absolute atomic E-state index is 0.464. The zero-order valence-corrected chi connectivity index (χ0v) is 9.62. The molecule has 3 N–H and O–H groups in total. The second-order valence-electron chi connectivity index (χ2n) is 3.48. The number of aromatic nitrogens is 2. The Hall–Kier alpha value is -2.70. The van der Waals surface area contributed by atoms with E-state index in [1.165, 1.54) is 6.21 Å². The predicted octanol–water partition coefficient (Wildman–Crippen LogP) is 1.05. The molecule has 1 aromatic carbocycles. The maximum absolute atomic E-state index is 10.4. The molecule has 0 aliphatic rings. The number of primary amides is 1. The molecular formula is C11H11N5O2. The van der Waals surface area contributed by atoms with E-state index in [1.54, 1.807) is 19.1 Å². The van der Waals surface area contributed by atoms with Crippen molar-refractivity contribution in [3.05, 3.63) is 35.7 Å². The number of nitrogens with two attached hydrogens (primary N) is 1. The summed E-state index contributed by atoms with van der Waals surface area (Å²) in [5, 5.41) is 11.3. The van der Waals surface area contributed by atoms with Crippen LogP contribution in [0, 0.1) is 6.92 Å². The molecule has 1 aromatic heterocycles. The molecule has 92 valence electrons. The third-order valence-corrected chi connectivity index (χ3v) is 2.07. The van der Waals surface area contributed by atoms with E-state index in [0.717, 1.165) is 11.1 Å². The Morgan fingerprint density at radius 2 is 2.11 bits per heavy atom. The van der Waals surface area contributed by atoms with Crippen LogP contribution in [0.15, 0.2) is 33.8 Å². The third-order valence-electron chi connectivity index (χ3n) is 2.07. The number of nitrogens with one attached hydrogen (secondary N) is 1. The Bertz CT molecular complexity index is 573. The van der Waals surface area contributed by atoms with Gasteiger partial charge in [0.1, 0.15) is 0 Å². The van der Waals surface area contributed by atoms with Crippen LogP contribution in [0.5, 0.6) is 0 Å². The van der Waals surface area contributed by atoms with E-state index in [2.05, 4.69) is 20.7 Å². The molecule has 0 atom stereocenters. The molecule has 0 aliphatic heterocycles. The second kappa shape index (κ2) is 5.09. The van der Waals surface area contributed by atoms with Gasteiger partial charge in [-0.15, -0.1) is 10.2 Å². The molecule has 18 heavy (non-hydrogen) atoms. The van der Waals surface area contributed by atoms with Crippen LogP contribution in [0.25, 0.3) is 11.5 Å². The van der Waals surface area contributed by atoms with Crippen LogP contribution in [-0.2, 0) is 0 Å². The number of aryl methyl sites for hydroxylation is 1. The first-order valence-electron chi connectivity index (χ1n) is 5.14. The zero-order valence-electron chi connectivity index (χ0n) is 9.62. The van der Waals surface area contributed by atoms with Crippen LogP contribution >= 0.6 is 0 Å². The lowest BCUT2D eigenvalue weighted by Gasteiger charge is -1.96. The number of amides is 2. The average Bonchev–Trinajstić information content (AvgIpc) is 2.76. The number of carbonyl (C=O) groups excluding carboxylic acids is 1. The molecule has 7 heteroatoms. The molecule has 7 nitrogen and oxygen atoms in total. The maximum atomic E-state index is 10.4. The third kappa shape index (κ3) is 2.91. The molecule has 0 unspecified atom stereocenters. The van der Waals surface area contributed by atoms with Crippen molar-refractivity contribution >= 4 is 12.2 Å². The molecule has 2 amide bonds. The summed E-state index contributed by atoms with van der Waals surface area (Å²) >= 11 is 0. The van der Waals surface area contributed by atoms with Gasteiger partial charge < -0.3 is 10.2 Å². The fourth-order valence-corrected chi connectivity index (χ4v) is 1.30. The van der Waals surface area contributed by atoms with E-state index in [9.17, 15) is 4.79 Å². The first-order chi connectivity index (χ1) is 8.65. The fourth-order valence-electron chi connectivity index (χ4n) is 1.30. The largest absolute Gasteiger partial charge is 0.421 e. The summed E-state index contributed by atoms with van der Waals surface area (Å²) in [6.07, 6.45) is 1.48. The van der Waals surface area contributed by atoms with E-state index in [0.29, 0.717) is 11.8 Å². The molecule has 0 radical (unpaired) electrons. The fraction of sp³-hybridized carbons (Fsp3) is 0.0909. The van der Waals surface area contributed by atoms with Crippen molar-refractivity contribution in [2.75, 3.05) is 0 Å². The van der Waals surface area contributed by atoms with Gasteiger partial charge in [0.15, 0.2) is 0 Å². The van der Waals surface area contributed by atoms with Gasteiger partial charge in [-0.25, -0.2) is 10.2 Å². The Morgan fingerprint density at radius 1 is 1.39 bits per heavy atom. The van der Waals surface area contributed by atoms with Gasteiger partial charge in [0.25, 0.3) is 0 Å². The monoisotopic (exact) mass is 245 g/mol. The molecule has 1 heterocycles. The first-order valence-corrected chi connectivity index (χ1v) is 5.14. The van der Waals surface area contributed by atoms with Gasteiger partial charge in [0.05, 0.1) is 6.21 Å². The number of benzene rings is 1. The van der Waals surface area contributed by atoms with Crippen molar-refractivity contribution in [1.82, 2.24) is 15.6 Å². The lowest BCUT2D eigenvalue weighted by Crippen LogP contribution is -2.24. The lowest BCUT2D eigenvalue weighted by molar-refractivity contribution is 0.249. The highest BCUT2D eigenvalue weighted by Gasteiger charge is 2.04. The van der Waals surface area contributed by atoms with Crippen LogP contribution in [0.3, 0.4) is 0 Å². The van der Waals surface area contributed by atoms with Gasteiger partial charge in [-0.3, -0.25) is 0 Å².